The molecule has 26 heavy (non-hydrogen) atoms. The molecular weight excluding hydrogens is 443 g/mol. The first-order valence-corrected chi connectivity index (χ1v) is 9.69. The molecule has 1 saturated carbocycles. The SMILES string of the molecule is Cc1nnc(CN=C(NC2CC2)N2CCC(C3CCOCC3)C2)n1C.I. The Labute approximate surface area is 173 Å². The van der Waals surface area contributed by atoms with Crippen molar-refractivity contribution in [2.24, 2.45) is 23.9 Å². The highest BCUT2D eigenvalue weighted by atomic mass is 127. The number of ether oxygens (including phenoxy) is 1. The molecule has 1 aromatic rings. The summed E-state index contributed by atoms with van der Waals surface area (Å²) in [5.41, 5.74) is 0. The monoisotopic (exact) mass is 474 g/mol. The van der Waals surface area contributed by atoms with Crippen molar-refractivity contribution in [2.45, 2.75) is 51.6 Å². The zero-order valence-electron chi connectivity index (χ0n) is 15.9. The highest BCUT2D eigenvalue weighted by Crippen LogP contribution is 2.31. The average Bonchev–Trinajstić information content (AvgIpc) is 3.22. The molecule has 1 unspecified atom stereocenters. The van der Waals surface area contributed by atoms with E-state index in [1.807, 2.05) is 18.5 Å². The predicted octanol–water partition coefficient (Wildman–Crippen LogP) is 2.10. The van der Waals surface area contributed by atoms with Crippen LogP contribution >= 0.6 is 24.0 Å². The van der Waals surface area contributed by atoms with Gasteiger partial charge in [0.05, 0.1) is 0 Å². The van der Waals surface area contributed by atoms with E-state index in [0.29, 0.717) is 12.6 Å². The lowest BCUT2D eigenvalue weighted by Crippen LogP contribution is -2.41. The smallest absolute Gasteiger partial charge is 0.194 e. The molecule has 1 aromatic heterocycles. The molecule has 7 nitrogen and oxygen atoms in total. The number of hydrogen-bond donors (Lipinski definition) is 1. The predicted molar refractivity (Wildman–Crippen MR) is 112 cm³/mol. The number of aromatic nitrogens is 3. The lowest BCUT2D eigenvalue weighted by atomic mass is 9.85. The topological polar surface area (TPSA) is 67.6 Å². The largest absolute Gasteiger partial charge is 0.381 e. The molecule has 3 heterocycles. The molecule has 3 fully saturated rings. The summed E-state index contributed by atoms with van der Waals surface area (Å²) in [6.45, 7) is 6.68. The van der Waals surface area contributed by atoms with Crippen LogP contribution in [-0.4, -0.2) is 58.0 Å². The normalized spacial score (nSPS) is 24.6. The van der Waals surface area contributed by atoms with Gasteiger partial charge in [0.2, 0.25) is 0 Å². The number of nitrogens with zero attached hydrogens (tertiary/aromatic N) is 5. The van der Waals surface area contributed by atoms with Crippen molar-refractivity contribution in [1.82, 2.24) is 25.0 Å². The van der Waals surface area contributed by atoms with E-state index in [2.05, 4.69) is 20.4 Å². The van der Waals surface area contributed by atoms with Crippen molar-refractivity contribution in [3.8, 4) is 0 Å². The molecule has 0 amide bonds. The number of nitrogens with one attached hydrogen (secondary N) is 1. The van der Waals surface area contributed by atoms with Gasteiger partial charge in [0.25, 0.3) is 0 Å². The first-order chi connectivity index (χ1) is 12.2. The third kappa shape index (κ3) is 4.68. The Morgan fingerprint density at radius 3 is 2.58 bits per heavy atom. The summed E-state index contributed by atoms with van der Waals surface area (Å²) in [6.07, 6.45) is 6.25. The fourth-order valence-electron chi connectivity index (χ4n) is 3.93. The molecule has 0 aromatic carbocycles. The van der Waals surface area contributed by atoms with Crippen LogP contribution in [-0.2, 0) is 18.3 Å². The fraction of sp³-hybridized carbons (Fsp3) is 0.833. The molecule has 2 saturated heterocycles. The summed E-state index contributed by atoms with van der Waals surface area (Å²) in [4.78, 5) is 7.35. The molecule has 1 N–H and O–H groups in total. The van der Waals surface area contributed by atoms with Gasteiger partial charge in [-0.05, 0) is 50.9 Å². The molecule has 2 aliphatic heterocycles. The summed E-state index contributed by atoms with van der Waals surface area (Å²) in [6, 6.07) is 0.613. The van der Waals surface area contributed by atoms with E-state index in [1.165, 1.54) is 32.1 Å². The van der Waals surface area contributed by atoms with Gasteiger partial charge in [-0.1, -0.05) is 0 Å². The maximum atomic E-state index is 5.53. The Balaban J connectivity index is 0.00000196. The van der Waals surface area contributed by atoms with Crippen LogP contribution in [0.1, 0.15) is 43.8 Å². The minimum absolute atomic E-state index is 0. The van der Waals surface area contributed by atoms with Crippen LogP contribution < -0.4 is 5.32 Å². The van der Waals surface area contributed by atoms with E-state index in [1.54, 1.807) is 0 Å². The van der Waals surface area contributed by atoms with E-state index in [-0.39, 0.29) is 24.0 Å². The lowest BCUT2D eigenvalue weighted by Gasteiger charge is -2.28. The number of hydrogen-bond acceptors (Lipinski definition) is 4. The Morgan fingerprint density at radius 2 is 1.92 bits per heavy atom. The molecule has 3 aliphatic rings. The number of rotatable bonds is 4. The number of halogens is 1. The molecule has 8 heteroatoms. The molecule has 1 atom stereocenters. The quantitative estimate of drug-likeness (QED) is 0.412. The first kappa shape index (κ1) is 19.9. The Morgan fingerprint density at radius 1 is 1.15 bits per heavy atom. The Bertz CT molecular complexity index is 623. The highest BCUT2D eigenvalue weighted by molar-refractivity contribution is 14.0. The van der Waals surface area contributed by atoms with Crippen molar-refractivity contribution >= 4 is 29.9 Å². The van der Waals surface area contributed by atoms with Crippen molar-refractivity contribution in [2.75, 3.05) is 26.3 Å². The van der Waals surface area contributed by atoms with Crippen molar-refractivity contribution < 1.29 is 4.74 Å². The van der Waals surface area contributed by atoms with Crippen LogP contribution in [0.3, 0.4) is 0 Å². The second-order valence-corrected chi connectivity index (χ2v) is 7.73. The van der Waals surface area contributed by atoms with Crippen molar-refractivity contribution in [3.63, 3.8) is 0 Å². The van der Waals surface area contributed by atoms with Crippen LogP contribution in [0, 0.1) is 18.8 Å². The van der Waals surface area contributed by atoms with Gasteiger partial charge in [0.1, 0.15) is 12.4 Å². The standard InChI is InChI=1S/C18H30N6O.HI/c1-13-21-22-17(23(13)2)11-19-18(20-16-3-4-16)24-8-5-15(12-24)14-6-9-25-10-7-14;/h14-16H,3-12H2,1-2H3,(H,19,20);1H. The molecular formula is C18H31IN6O. The highest BCUT2D eigenvalue weighted by Gasteiger charge is 2.33. The number of guanidine groups is 1. The second kappa shape index (κ2) is 8.86. The summed E-state index contributed by atoms with van der Waals surface area (Å²) < 4.78 is 7.55. The molecule has 0 spiro atoms. The minimum atomic E-state index is 0. The number of likely N-dealkylation sites (tertiary alicyclic amines) is 1. The summed E-state index contributed by atoms with van der Waals surface area (Å²) >= 11 is 0. The van der Waals surface area contributed by atoms with Gasteiger partial charge < -0.3 is 19.5 Å². The zero-order valence-corrected chi connectivity index (χ0v) is 18.2. The summed E-state index contributed by atoms with van der Waals surface area (Å²) in [5, 5.41) is 12.0. The van der Waals surface area contributed by atoms with E-state index >= 15 is 0 Å². The number of aliphatic imine (C=N–C) groups is 1. The maximum Gasteiger partial charge on any atom is 0.194 e. The third-order valence-electron chi connectivity index (χ3n) is 5.92. The van der Waals surface area contributed by atoms with Crippen LogP contribution in [0.2, 0.25) is 0 Å². The van der Waals surface area contributed by atoms with E-state index in [9.17, 15) is 0 Å². The summed E-state index contributed by atoms with van der Waals surface area (Å²) in [5.74, 6) is 4.53. The van der Waals surface area contributed by atoms with Crippen molar-refractivity contribution in [3.05, 3.63) is 11.6 Å². The van der Waals surface area contributed by atoms with Gasteiger partial charge >= 0.3 is 0 Å². The zero-order chi connectivity index (χ0) is 17.2. The first-order valence-electron chi connectivity index (χ1n) is 9.69. The molecule has 4 rings (SSSR count). The van der Waals surface area contributed by atoms with E-state index in [4.69, 9.17) is 9.73 Å². The third-order valence-corrected chi connectivity index (χ3v) is 5.92. The Kier molecular flexibility index (Phi) is 6.76. The minimum Gasteiger partial charge on any atom is -0.381 e. The summed E-state index contributed by atoms with van der Waals surface area (Å²) in [7, 11) is 2.01. The maximum absolute atomic E-state index is 5.53. The molecule has 0 bridgehead atoms. The van der Waals surface area contributed by atoms with Crippen LogP contribution in [0.15, 0.2) is 4.99 Å². The van der Waals surface area contributed by atoms with Crippen molar-refractivity contribution in [1.29, 1.82) is 0 Å². The number of aryl methyl sites for hydroxylation is 1. The van der Waals surface area contributed by atoms with Crippen LogP contribution in [0.4, 0.5) is 0 Å². The van der Waals surface area contributed by atoms with Gasteiger partial charge in [0.15, 0.2) is 11.8 Å². The second-order valence-electron chi connectivity index (χ2n) is 7.73. The van der Waals surface area contributed by atoms with Gasteiger partial charge in [0, 0.05) is 39.4 Å². The Hall–Kier alpha value is -0.900. The molecule has 1 aliphatic carbocycles. The lowest BCUT2D eigenvalue weighted by molar-refractivity contribution is 0.0488. The van der Waals surface area contributed by atoms with Crippen LogP contribution in [0.5, 0.6) is 0 Å². The van der Waals surface area contributed by atoms with E-state index < -0.39 is 0 Å². The molecule has 0 radical (unpaired) electrons. The van der Waals surface area contributed by atoms with Gasteiger partial charge in [-0.25, -0.2) is 4.99 Å². The molecule has 146 valence electrons. The van der Waals surface area contributed by atoms with E-state index in [0.717, 1.165) is 55.7 Å². The average molecular weight is 474 g/mol. The fourth-order valence-corrected chi connectivity index (χ4v) is 3.93. The van der Waals surface area contributed by atoms with Gasteiger partial charge in [-0.15, -0.1) is 34.2 Å². The van der Waals surface area contributed by atoms with Gasteiger partial charge in [-0.2, -0.15) is 0 Å². The van der Waals surface area contributed by atoms with Crippen LogP contribution in [0.25, 0.3) is 0 Å². The van der Waals surface area contributed by atoms with Gasteiger partial charge in [-0.3, -0.25) is 0 Å².